The van der Waals surface area contributed by atoms with Gasteiger partial charge in [0, 0.05) is 84.7 Å². The van der Waals surface area contributed by atoms with Crippen molar-refractivity contribution < 1.29 is 9.85 Å². The predicted molar refractivity (Wildman–Crippen MR) is 208 cm³/mol. The van der Waals surface area contributed by atoms with Crippen molar-refractivity contribution in [1.29, 1.82) is 0 Å². The van der Waals surface area contributed by atoms with Crippen molar-refractivity contribution in [2.45, 2.75) is 7.43 Å². The highest BCUT2D eigenvalue weighted by atomic mass is 79.9. The van der Waals surface area contributed by atoms with Gasteiger partial charge >= 0.3 is 11.4 Å². The van der Waals surface area contributed by atoms with Crippen molar-refractivity contribution in [3.63, 3.8) is 0 Å². The zero-order chi connectivity index (χ0) is 36.8. The van der Waals surface area contributed by atoms with E-state index in [1.54, 1.807) is 18.6 Å². The lowest BCUT2D eigenvalue weighted by Crippen LogP contribution is -2.44. The summed E-state index contributed by atoms with van der Waals surface area (Å²) >= 11 is 3.02. The quantitative estimate of drug-likeness (QED) is 0.187. The summed E-state index contributed by atoms with van der Waals surface area (Å²) in [7, 11) is 6.32. The number of piperazine rings is 3. The molecule has 19 nitrogen and oxygen atoms in total. The molecule has 0 saturated carbocycles. The molecule has 3 aromatic heterocycles. The molecule has 0 aromatic carbocycles. The van der Waals surface area contributed by atoms with Crippen molar-refractivity contribution in [2.24, 2.45) is 0 Å². The molecule has 9 N–H and O–H groups in total. The van der Waals surface area contributed by atoms with E-state index in [2.05, 4.69) is 69.9 Å². The van der Waals surface area contributed by atoms with Gasteiger partial charge in [-0.1, -0.05) is 7.43 Å². The fourth-order valence-corrected chi connectivity index (χ4v) is 5.35. The van der Waals surface area contributed by atoms with E-state index in [0.717, 1.165) is 77.3 Å². The van der Waals surface area contributed by atoms with Crippen molar-refractivity contribution in [1.82, 2.24) is 35.0 Å². The monoisotopic (exact) mass is 777 g/mol. The Kier molecular flexibility index (Phi) is 17.4. The first kappa shape index (κ1) is 42.5. The average Bonchev–Trinajstić information content (AvgIpc) is 3.09. The Bertz CT molecular complexity index is 1550. The van der Waals surface area contributed by atoms with Crippen LogP contribution < -0.4 is 38.1 Å². The van der Waals surface area contributed by atoms with E-state index in [4.69, 9.17) is 22.9 Å². The second kappa shape index (κ2) is 20.9. The zero-order valence-corrected chi connectivity index (χ0v) is 30.3. The number of likely N-dealkylation sites (N-methyl/N-ethyl adjacent to an activating group) is 3. The molecule has 0 aliphatic carbocycles. The predicted octanol–water partition coefficient (Wildman–Crippen LogP) is 1.81. The number of rotatable bonds is 4. The van der Waals surface area contributed by atoms with Crippen LogP contribution in [-0.2, 0) is 0 Å². The lowest BCUT2D eigenvalue weighted by Gasteiger charge is -2.34. The fourth-order valence-electron chi connectivity index (χ4n) is 5.02. The normalized spacial score (nSPS) is 16.5. The first-order valence-electron chi connectivity index (χ1n) is 16.0. The molecule has 0 radical (unpaired) electrons. The third-order valence-corrected chi connectivity index (χ3v) is 8.91. The molecule has 3 aliphatic rings. The van der Waals surface area contributed by atoms with Crippen molar-refractivity contribution in [3.05, 3.63) is 61.9 Å². The minimum atomic E-state index is -0.576. The van der Waals surface area contributed by atoms with E-state index in [-0.39, 0.29) is 30.2 Å². The standard InChI is InChI=1S/C10H15N5O2.C10H17N5.C5H4BrN3O2.C5H12N2.CH4/c1-13-2-4-14(5-3-13)8-6-12-7-9(10(8)11)15(16)17;1-14-2-4-15(5-3-14)9-7-13-6-8(11)10(9)12;6-3-1-8-2-4(5(3)7)9(10)11;1-7-4-2-6-3-5-7;/h6-7H,2-5H2,1H3,(H2,11,12);6-7H,2-5,11H2,1H3,(H2,12,13);1-2H,(H2,7,8);6H,2-5H2,1H3;1H4. The molecule has 0 amide bonds. The summed E-state index contributed by atoms with van der Waals surface area (Å²) < 4.78 is 0.437. The summed E-state index contributed by atoms with van der Waals surface area (Å²) in [5.74, 6) is 0. The number of nitrogens with zero attached hydrogens (tertiary/aromatic N) is 10. The minimum absolute atomic E-state index is 0. The summed E-state index contributed by atoms with van der Waals surface area (Å²) in [4.78, 5) is 42.6. The van der Waals surface area contributed by atoms with Crippen LogP contribution in [0.15, 0.2) is 41.7 Å². The molecule has 20 heteroatoms. The number of nitro groups is 2. The number of anilines is 6. The molecule has 0 atom stereocenters. The van der Waals surface area contributed by atoms with Crippen LogP contribution in [0.2, 0.25) is 0 Å². The average molecular weight is 779 g/mol. The topological polar surface area (TPSA) is 257 Å². The zero-order valence-electron chi connectivity index (χ0n) is 28.7. The van der Waals surface area contributed by atoms with Gasteiger partial charge in [-0.2, -0.15) is 0 Å². The number of nitrogens with two attached hydrogens (primary N) is 4. The van der Waals surface area contributed by atoms with Crippen LogP contribution in [0.25, 0.3) is 0 Å². The second-order valence-corrected chi connectivity index (χ2v) is 12.8. The molecule has 3 aromatic rings. The maximum Gasteiger partial charge on any atom is 0.312 e. The van der Waals surface area contributed by atoms with Crippen LogP contribution >= 0.6 is 15.9 Å². The lowest BCUT2D eigenvalue weighted by atomic mass is 10.2. The van der Waals surface area contributed by atoms with Gasteiger partial charge < -0.3 is 52.8 Å². The Hall–Kier alpha value is -4.63. The van der Waals surface area contributed by atoms with Crippen LogP contribution in [0.3, 0.4) is 0 Å². The molecule has 3 fully saturated rings. The van der Waals surface area contributed by atoms with E-state index in [1.165, 1.54) is 25.5 Å². The SMILES string of the molecule is C.CN1CCN(c2cncc(N)c2N)CC1.CN1CCN(c2cncc([N+](=O)[O-])c2N)CC1.CN1CCNCC1.Nc1c(Br)cncc1[N+](=O)[O-]. The highest BCUT2D eigenvalue weighted by Crippen LogP contribution is 2.31. The Morgan fingerprint density at radius 2 is 1.00 bits per heavy atom. The number of nitrogen functional groups attached to an aromatic ring is 4. The Balaban J connectivity index is 0.000000244. The Morgan fingerprint density at radius 1 is 0.608 bits per heavy atom. The number of nitrogens with one attached hydrogen (secondary N) is 1. The maximum absolute atomic E-state index is 10.8. The number of hydrogen-bond acceptors (Lipinski definition) is 17. The molecule has 6 heterocycles. The molecule has 282 valence electrons. The van der Waals surface area contributed by atoms with E-state index < -0.39 is 9.85 Å². The van der Waals surface area contributed by atoms with E-state index in [0.29, 0.717) is 21.5 Å². The first-order valence-corrected chi connectivity index (χ1v) is 16.8. The maximum atomic E-state index is 10.8. The molecule has 0 spiro atoms. The molecular weight excluding hydrogens is 726 g/mol. The minimum Gasteiger partial charge on any atom is -0.396 e. The molecule has 0 unspecified atom stereocenters. The third kappa shape index (κ3) is 12.9. The van der Waals surface area contributed by atoms with Crippen molar-refractivity contribution in [2.75, 3.05) is 132 Å². The number of hydrogen-bond donors (Lipinski definition) is 5. The molecule has 3 aliphatic heterocycles. The van der Waals surface area contributed by atoms with Gasteiger partial charge in [-0.3, -0.25) is 35.2 Å². The number of halogens is 1. The molecule has 6 rings (SSSR count). The van der Waals surface area contributed by atoms with Crippen LogP contribution in [0, 0.1) is 20.2 Å². The lowest BCUT2D eigenvalue weighted by molar-refractivity contribution is -0.384. The van der Waals surface area contributed by atoms with E-state index in [9.17, 15) is 20.2 Å². The molecule has 3 saturated heterocycles. The smallest absolute Gasteiger partial charge is 0.312 e. The van der Waals surface area contributed by atoms with Crippen LogP contribution in [-0.4, -0.2) is 139 Å². The van der Waals surface area contributed by atoms with Gasteiger partial charge in [0.25, 0.3) is 0 Å². The highest BCUT2D eigenvalue weighted by Gasteiger charge is 2.22. The van der Waals surface area contributed by atoms with Crippen LogP contribution in [0.4, 0.5) is 45.5 Å². The molecule has 0 bridgehead atoms. The largest absolute Gasteiger partial charge is 0.396 e. The summed E-state index contributed by atoms with van der Waals surface area (Å²) in [6, 6.07) is 0. The van der Waals surface area contributed by atoms with Gasteiger partial charge in [-0.05, 0) is 37.1 Å². The summed E-state index contributed by atoms with van der Waals surface area (Å²) in [5.41, 5.74) is 25.7. The summed E-state index contributed by atoms with van der Waals surface area (Å²) in [5, 5.41) is 24.3. The van der Waals surface area contributed by atoms with Crippen LogP contribution in [0.1, 0.15) is 7.43 Å². The van der Waals surface area contributed by atoms with Gasteiger partial charge in [-0.15, -0.1) is 0 Å². The fraction of sp³-hybridized carbons (Fsp3) is 0.516. The van der Waals surface area contributed by atoms with Gasteiger partial charge in [0.1, 0.15) is 23.8 Å². The Morgan fingerprint density at radius 3 is 1.41 bits per heavy atom. The third-order valence-electron chi connectivity index (χ3n) is 8.28. The summed E-state index contributed by atoms with van der Waals surface area (Å²) in [6.45, 7) is 12.3. The van der Waals surface area contributed by atoms with Gasteiger partial charge in [0.15, 0.2) is 0 Å². The van der Waals surface area contributed by atoms with Crippen LogP contribution in [0.5, 0.6) is 0 Å². The number of pyridine rings is 3. The van der Waals surface area contributed by atoms with Gasteiger partial charge in [0.2, 0.25) is 0 Å². The molecule has 51 heavy (non-hydrogen) atoms. The number of aromatic nitrogens is 3. The highest BCUT2D eigenvalue weighted by molar-refractivity contribution is 9.10. The summed E-state index contributed by atoms with van der Waals surface area (Å²) in [6.07, 6.45) is 8.68. The Labute approximate surface area is 307 Å². The van der Waals surface area contributed by atoms with E-state index in [1.807, 2.05) is 11.9 Å². The second-order valence-electron chi connectivity index (χ2n) is 12.0. The van der Waals surface area contributed by atoms with Gasteiger partial charge in [0.05, 0.1) is 55.7 Å². The van der Waals surface area contributed by atoms with Crippen molar-refractivity contribution >= 4 is 61.4 Å². The molecular formula is C31H52BrN15O4. The van der Waals surface area contributed by atoms with E-state index >= 15 is 0 Å². The first-order chi connectivity index (χ1) is 23.8. The van der Waals surface area contributed by atoms with Crippen molar-refractivity contribution in [3.8, 4) is 0 Å². The van der Waals surface area contributed by atoms with Gasteiger partial charge in [-0.25, -0.2) is 0 Å².